The second kappa shape index (κ2) is 12.3. The highest BCUT2D eigenvalue weighted by Crippen LogP contribution is 2.13. The van der Waals surface area contributed by atoms with E-state index in [4.69, 9.17) is 16.2 Å². The lowest BCUT2D eigenvalue weighted by Gasteiger charge is -2.35. The van der Waals surface area contributed by atoms with Crippen LogP contribution < -0.4 is 11.9 Å². The number of rotatable bonds is 7. The van der Waals surface area contributed by atoms with Crippen molar-refractivity contribution in [3.63, 3.8) is 0 Å². The summed E-state index contributed by atoms with van der Waals surface area (Å²) in [5.41, 5.74) is 6.39. The first-order valence-electron chi connectivity index (χ1n) is 7.96. The molecule has 24 heavy (non-hydrogen) atoms. The molecule has 0 saturated heterocycles. The minimum absolute atomic E-state index is 0. The number of hydrogen-bond donors (Lipinski definition) is 4. The van der Waals surface area contributed by atoms with Crippen molar-refractivity contribution in [3.8, 4) is 0 Å². The van der Waals surface area contributed by atoms with Gasteiger partial charge in [0.25, 0.3) is 0 Å². The number of quaternary nitrogens is 1. The third kappa shape index (κ3) is 9.12. The van der Waals surface area contributed by atoms with Gasteiger partial charge in [-0.15, -0.1) is 0 Å². The second-order valence-corrected chi connectivity index (χ2v) is 5.57. The van der Waals surface area contributed by atoms with E-state index in [2.05, 4.69) is 51.1 Å². The monoisotopic (exact) mass is 340 g/mol. The SMILES string of the molecule is CC[N+](CC)(CC)Cc1ccccc1.CN(CC(=O)O)C(=N)N.N. The lowest BCUT2D eigenvalue weighted by atomic mass is 10.2. The molecular weight excluding hydrogens is 306 g/mol. The van der Waals surface area contributed by atoms with Crippen molar-refractivity contribution in [2.75, 3.05) is 33.2 Å². The quantitative estimate of drug-likeness (QED) is 0.344. The largest absolute Gasteiger partial charge is 0.480 e. The smallest absolute Gasteiger partial charge is 0.323 e. The van der Waals surface area contributed by atoms with Crippen LogP contribution in [0.1, 0.15) is 26.3 Å². The first kappa shape index (κ1) is 24.1. The van der Waals surface area contributed by atoms with Gasteiger partial charge in [-0.1, -0.05) is 30.3 Å². The number of carbonyl (C=O) groups is 1. The Kier molecular flexibility index (Phi) is 12.4. The van der Waals surface area contributed by atoms with Crippen LogP contribution in [0.15, 0.2) is 30.3 Å². The maximum absolute atomic E-state index is 9.92. The molecule has 0 atom stereocenters. The molecule has 138 valence electrons. The summed E-state index contributed by atoms with van der Waals surface area (Å²) in [5, 5.41) is 14.9. The van der Waals surface area contributed by atoms with Gasteiger partial charge < -0.3 is 26.4 Å². The first-order chi connectivity index (χ1) is 10.8. The van der Waals surface area contributed by atoms with Crippen LogP contribution in [-0.4, -0.2) is 59.6 Å². The lowest BCUT2D eigenvalue weighted by Crippen LogP contribution is -2.46. The summed E-state index contributed by atoms with van der Waals surface area (Å²) < 4.78 is 1.20. The Morgan fingerprint density at radius 3 is 1.92 bits per heavy atom. The van der Waals surface area contributed by atoms with E-state index >= 15 is 0 Å². The number of aliphatic carboxylic acids is 1. The molecule has 0 aromatic heterocycles. The third-order valence-electron chi connectivity index (χ3n) is 4.16. The molecule has 7 N–H and O–H groups in total. The number of nitrogens with zero attached hydrogens (tertiary/aromatic N) is 2. The molecule has 0 aliphatic heterocycles. The summed E-state index contributed by atoms with van der Waals surface area (Å²) in [7, 11) is 1.44. The third-order valence-corrected chi connectivity index (χ3v) is 4.16. The Bertz CT molecular complexity index is 467. The van der Waals surface area contributed by atoms with E-state index in [9.17, 15) is 4.79 Å². The summed E-state index contributed by atoms with van der Waals surface area (Å²) in [6, 6.07) is 10.8. The van der Waals surface area contributed by atoms with Gasteiger partial charge >= 0.3 is 5.97 Å². The van der Waals surface area contributed by atoms with E-state index in [-0.39, 0.29) is 18.7 Å². The number of benzene rings is 1. The Morgan fingerprint density at radius 2 is 1.62 bits per heavy atom. The zero-order chi connectivity index (χ0) is 17.9. The highest BCUT2D eigenvalue weighted by Gasteiger charge is 2.20. The van der Waals surface area contributed by atoms with Crippen LogP contribution in [0.2, 0.25) is 0 Å². The molecule has 7 heteroatoms. The van der Waals surface area contributed by atoms with Crippen molar-refractivity contribution in [1.29, 1.82) is 5.41 Å². The van der Waals surface area contributed by atoms with Crippen molar-refractivity contribution in [2.24, 2.45) is 5.73 Å². The van der Waals surface area contributed by atoms with Crippen LogP contribution in [0.3, 0.4) is 0 Å². The zero-order valence-corrected chi connectivity index (χ0v) is 15.5. The Labute approximate surface area is 145 Å². The van der Waals surface area contributed by atoms with Gasteiger partial charge in [0.05, 0.1) is 19.6 Å². The number of likely N-dealkylation sites (N-methyl/N-ethyl adjacent to an activating group) is 1. The fraction of sp³-hybridized carbons (Fsp3) is 0.529. The first-order valence-corrected chi connectivity index (χ1v) is 7.96. The average molecular weight is 340 g/mol. The van der Waals surface area contributed by atoms with Gasteiger partial charge in [-0.2, -0.15) is 0 Å². The van der Waals surface area contributed by atoms with Gasteiger partial charge in [0.15, 0.2) is 5.96 Å². The van der Waals surface area contributed by atoms with Crippen molar-refractivity contribution >= 4 is 11.9 Å². The Hall–Kier alpha value is -2.12. The van der Waals surface area contributed by atoms with Crippen LogP contribution in [0.25, 0.3) is 0 Å². The van der Waals surface area contributed by atoms with Gasteiger partial charge in [0.2, 0.25) is 0 Å². The standard InChI is InChI=1S/C13H22N.C4H9N3O2.H3N/c1-4-14(5-2,6-3)12-13-10-8-7-9-11-13;1-7(4(5)6)2-3(8)9;/h7-11H,4-6,12H2,1-3H3;2H2,1H3,(H3,5,6)(H,8,9);1H3/q+1;;. The molecule has 0 heterocycles. The number of guanidine groups is 1. The normalized spacial score (nSPS) is 10.0. The van der Waals surface area contributed by atoms with Crippen LogP contribution in [0.5, 0.6) is 0 Å². The molecule has 0 saturated carbocycles. The molecule has 0 aliphatic rings. The maximum atomic E-state index is 9.92. The fourth-order valence-corrected chi connectivity index (χ4v) is 2.27. The van der Waals surface area contributed by atoms with E-state index in [1.54, 1.807) is 0 Å². The summed E-state index contributed by atoms with van der Waals surface area (Å²) in [5.74, 6) is -1.23. The summed E-state index contributed by atoms with van der Waals surface area (Å²) in [4.78, 5) is 11.0. The van der Waals surface area contributed by atoms with E-state index in [0.29, 0.717) is 0 Å². The van der Waals surface area contributed by atoms with Crippen LogP contribution in [-0.2, 0) is 11.3 Å². The van der Waals surface area contributed by atoms with Crippen molar-refractivity contribution in [1.82, 2.24) is 11.1 Å². The van der Waals surface area contributed by atoms with E-state index in [0.717, 1.165) is 4.90 Å². The highest BCUT2D eigenvalue weighted by atomic mass is 16.4. The Balaban J connectivity index is 0. The summed E-state index contributed by atoms with van der Waals surface area (Å²) in [6.45, 7) is 11.5. The van der Waals surface area contributed by atoms with Gasteiger partial charge in [-0.3, -0.25) is 10.2 Å². The van der Waals surface area contributed by atoms with E-state index < -0.39 is 5.97 Å². The number of hydrogen-bond acceptors (Lipinski definition) is 3. The van der Waals surface area contributed by atoms with E-state index in [1.807, 2.05) is 0 Å². The number of nitrogens with one attached hydrogen (secondary N) is 1. The van der Waals surface area contributed by atoms with Gasteiger partial charge in [0.1, 0.15) is 13.1 Å². The minimum atomic E-state index is -0.993. The predicted molar refractivity (Wildman–Crippen MR) is 99.2 cm³/mol. The molecule has 0 bridgehead atoms. The van der Waals surface area contributed by atoms with Crippen molar-refractivity contribution < 1.29 is 14.4 Å². The van der Waals surface area contributed by atoms with Gasteiger partial charge in [-0.05, 0) is 20.8 Å². The highest BCUT2D eigenvalue weighted by molar-refractivity contribution is 5.79. The van der Waals surface area contributed by atoms with Crippen LogP contribution >= 0.6 is 0 Å². The summed E-state index contributed by atoms with van der Waals surface area (Å²) in [6.07, 6.45) is 0. The topological polar surface area (TPSA) is 125 Å². The number of carboxylic acid groups (broad SMARTS) is 1. The minimum Gasteiger partial charge on any atom is -0.480 e. The number of carboxylic acids is 1. The second-order valence-electron chi connectivity index (χ2n) is 5.57. The molecule has 0 unspecified atom stereocenters. The molecular formula is C17H34N5O2+. The average Bonchev–Trinajstić information content (AvgIpc) is 2.53. The van der Waals surface area contributed by atoms with Crippen LogP contribution in [0, 0.1) is 5.41 Å². The molecule has 1 aromatic carbocycles. The Morgan fingerprint density at radius 1 is 1.17 bits per heavy atom. The van der Waals surface area contributed by atoms with Gasteiger partial charge in [0, 0.05) is 12.6 Å². The van der Waals surface area contributed by atoms with Crippen molar-refractivity contribution in [2.45, 2.75) is 27.3 Å². The van der Waals surface area contributed by atoms with E-state index in [1.165, 1.54) is 43.3 Å². The summed E-state index contributed by atoms with van der Waals surface area (Å²) >= 11 is 0. The molecule has 0 amide bonds. The molecule has 7 nitrogen and oxygen atoms in total. The molecule has 0 fully saturated rings. The molecule has 0 spiro atoms. The number of nitrogens with two attached hydrogens (primary N) is 1. The molecule has 0 aliphatic carbocycles. The molecule has 1 rings (SSSR count). The van der Waals surface area contributed by atoms with Crippen molar-refractivity contribution in [3.05, 3.63) is 35.9 Å². The molecule has 1 aromatic rings. The zero-order valence-electron chi connectivity index (χ0n) is 15.5. The maximum Gasteiger partial charge on any atom is 0.323 e. The lowest BCUT2D eigenvalue weighted by molar-refractivity contribution is -0.936. The fourth-order valence-electron chi connectivity index (χ4n) is 2.27. The predicted octanol–water partition coefficient (Wildman–Crippen LogP) is 2.12. The molecule has 0 radical (unpaired) electrons. The van der Waals surface area contributed by atoms with Gasteiger partial charge in [-0.25, -0.2) is 0 Å². The van der Waals surface area contributed by atoms with Crippen LogP contribution in [0.4, 0.5) is 0 Å².